The Kier molecular flexibility index (Phi) is 1.83. The van der Waals surface area contributed by atoms with Gasteiger partial charge in [0.05, 0.1) is 0 Å². The van der Waals surface area contributed by atoms with E-state index in [0.717, 1.165) is 0 Å². The van der Waals surface area contributed by atoms with Gasteiger partial charge in [-0.05, 0) is 0 Å². The lowest BCUT2D eigenvalue weighted by Gasteiger charge is -2.04. The average Bonchev–Trinajstić information content (AvgIpc) is 2.08. The average molecular weight is 180 g/mol. The van der Waals surface area contributed by atoms with Gasteiger partial charge in [-0.2, -0.15) is 0 Å². The number of anilines is 2. The fraction of sp³-hybridized carbons (Fsp3) is 0. The van der Waals surface area contributed by atoms with Gasteiger partial charge in [-0.1, -0.05) is 0 Å². The van der Waals surface area contributed by atoms with Crippen LogP contribution in [0.5, 0.6) is 0 Å². The van der Waals surface area contributed by atoms with E-state index >= 15 is 0 Å². The second-order valence-electron chi connectivity index (χ2n) is 2.08. The summed E-state index contributed by atoms with van der Waals surface area (Å²) in [7, 11) is 0. The Morgan fingerprint density at radius 3 is 0.917 bits per heavy atom. The van der Waals surface area contributed by atoms with E-state index in [1.807, 2.05) is 0 Å². The molecule has 0 aliphatic heterocycles. The summed E-state index contributed by atoms with van der Waals surface area (Å²) in [5, 5.41) is 0. The number of nitrogens with two attached hydrogens (primary N) is 2. The van der Waals surface area contributed by atoms with Crippen molar-refractivity contribution in [2.45, 2.75) is 0 Å². The fourth-order valence-corrected chi connectivity index (χ4v) is 0.666. The van der Waals surface area contributed by atoms with Crippen molar-refractivity contribution >= 4 is 11.4 Å². The lowest BCUT2D eigenvalue weighted by atomic mass is 10.2. The van der Waals surface area contributed by atoms with Crippen LogP contribution in [0.1, 0.15) is 0 Å². The molecule has 0 fully saturated rings. The highest BCUT2D eigenvalue weighted by Crippen LogP contribution is 2.26. The molecule has 4 N–H and O–H groups in total. The predicted molar refractivity (Wildman–Crippen MR) is 35.1 cm³/mol. The quantitative estimate of drug-likeness (QED) is 0.360. The molecule has 12 heavy (non-hydrogen) atoms. The zero-order chi connectivity index (χ0) is 9.46. The molecule has 0 unspecified atom stereocenters. The molecule has 1 aromatic carbocycles. The van der Waals surface area contributed by atoms with Gasteiger partial charge < -0.3 is 11.5 Å². The molecular weight excluding hydrogens is 176 g/mol. The second-order valence-corrected chi connectivity index (χ2v) is 2.08. The molecule has 0 radical (unpaired) electrons. The first-order valence-corrected chi connectivity index (χ1v) is 2.83. The van der Waals surface area contributed by atoms with E-state index in [1.54, 1.807) is 0 Å². The number of hydrogen-bond donors (Lipinski definition) is 2. The Morgan fingerprint density at radius 2 is 0.750 bits per heavy atom. The summed E-state index contributed by atoms with van der Waals surface area (Å²) in [6, 6.07) is 0. The molecule has 0 spiro atoms. The largest absolute Gasteiger partial charge is 0.394 e. The summed E-state index contributed by atoms with van der Waals surface area (Å²) in [6.45, 7) is 0. The van der Waals surface area contributed by atoms with Gasteiger partial charge in [0.25, 0.3) is 0 Å². The molecule has 0 saturated carbocycles. The minimum absolute atomic E-state index is 1.21. The zero-order valence-electron chi connectivity index (χ0n) is 5.67. The van der Waals surface area contributed by atoms with E-state index in [2.05, 4.69) is 11.5 Å². The minimum atomic E-state index is -1.67. The molecule has 0 amide bonds. The van der Waals surface area contributed by atoms with Crippen molar-refractivity contribution in [1.29, 1.82) is 0 Å². The molecule has 0 aliphatic carbocycles. The third-order valence-electron chi connectivity index (χ3n) is 1.33. The molecular formula is C6H4F4N2. The summed E-state index contributed by atoms with van der Waals surface area (Å²) >= 11 is 0. The summed E-state index contributed by atoms with van der Waals surface area (Å²) in [6.07, 6.45) is 0. The van der Waals surface area contributed by atoms with Gasteiger partial charge in [0, 0.05) is 0 Å². The van der Waals surface area contributed by atoms with Crippen molar-refractivity contribution in [2.24, 2.45) is 0 Å². The van der Waals surface area contributed by atoms with E-state index in [4.69, 9.17) is 0 Å². The Labute approximate surface area is 64.8 Å². The number of nitrogen functional groups attached to an aromatic ring is 2. The van der Waals surface area contributed by atoms with Gasteiger partial charge in [0.15, 0.2) is 23.3 Å². The standard InChI is InChI=1S/C6H4F4N2/c7-1-2(8)6(12)4(10)3(9)5(1)11/h11-12H2. The Balaban J connectivity index is 3.60. The van der Waals surface area contributed by atoms with Crippen molar-refractivity contribution in [3.63, 3.8) is 0 Å². The number of hydrogen-bond acceptors (Lipinski definition) is 2. The fourth-order valence-electron chi connectivity index (χ4n) is 0.666. The first-order valence-electron chi connectivity index (χ1n) is 2.83. The number of rotatable bonds is 0. The van der Waals surface area contributed by atoms with Crippen LogP contribution in [0.4, 0.5) is 28.9 Å². The summed E-state index contributed by atoms with van der Waals surface area (Å²) in [5.41, 5.74) is 6.92. The monoisotopic (exact) mass is 180 g/mol. The van der Waals surface area contributed by atoms with Crippen LogP contribution in [-0.4, -0.2) is 0 Å². The van der Waals surface area contributed by atoms with Crippen molar-refractivity contribution in [2.75, 3.05) is 11.5 Å². The van der Waals surface area contributed by atoms with Crippen molar-refractivity contribution < 1.29 is 17.6 Å². The van der Waals surface area contributed by atoms with Crippen LogP contribution in [0.25, 0.3) is 0 Å². The summed E-state index contributed by atoms with van der Waals surface area (Å²) in [5.74, 6) is -6.70. The van der Waals surface area contributed by atoms with E-state index in [1.165, 1.54) is 0 Å². The number of halogens is 4. The maximum atomic E-state index is 12.4. The van der Waals surface area contributed by atoms with E-state index in [0.29, 0.717) is 0 Å². The Hall–Kier alpha value is -1.46. The lowest BCUT2D eigenvalue weighted by molar-refractivity contribution is 0.466. The van der Waals surface area contributed by atoms with Gasteiger partial charge in [-0.15, -0.1) is 0 Å². The van der Waals surface area contributed by atoms with Gasteiger partial charge in [-0.25, -0.2) is 17.6 Å². The van der Waals surface area contributed by atoms with Crippen molar-refractivity contribution in [3.8, 4) is 0 Å². The first-order chi connectivity index (χ1) is 5.46. The Morgan fingerprint density at radius 1 is 0.583 bits per heavy atom. The van der Waals surface area contributed by atoms with Crippen LogP contribution in [0.2, 0.25) is 0 Å². The SMILES string of the molecule is Nc1c(F)c(F)c(N)c(F)c1F. The lowest BCUT2D eigenvalue weighted by Crippen LogP contribution is -2.07. The highest BCUT2D eigenvalue weighted by molar-refractivity contribution is 5.53. The number of benzene rings is 1. The molecule has 0 atom stereocenters. The molecule has 1 rings (SSSR count). The van der Waals surface area contributed by atoms with E-state index in [9.17, 15) is 17.6 Å². The third-order valence-corrected chi connectivity index (χ3v) is 1.33. The van der Waals surface area contributed by atoms with E-state index in [-0.39, 0.29) is 0 Å². The zero-order valence-corrected chi connectivity index (χ0v) is 5.67. The molecule has 0 bridgehead atoms. The molecule has 66 valence electrons. The smallest absolute Gasteiger partial charge is 0.187 e. The van der Waals surface area contributed by atoms with Gasteiger partial charge in [0.2, 0.25) is 0 Å². The van der Waals surface area contributed by atoms with Gasteiger partial charge >= 0.3 is 0 Å². The van der Waals surface area contributed by atoms with Crippen LogP contribution in [-0.2, 0) is 0 Å². The van der Waals surface area contributed by atoms with Crippen LogP contribution in [0.15, 0.2) is 0 Å². The van der Waals surface area contributed by atoms with Crippen molar-refractivity contribution in [1.82, 2.24) is 0 Å². The maximum absolute atomic E-state index is 12.4. The van der Waals surface area contributed by atoms with Crippen molar-refractivity contribution in [3.05, 3.63) is 23.3 Å². The predicted octanol–water partition coefficient (Wildman–Crippen LogP) is 1.41. The summed E-state index contributed by atoms with van der Waals surface area (Å²) in [4.78, 5) is 0. The maximum Gasteiger partial charge on any atom is 0.187 e. The van der Waals surface area contributed by atoms with Crippen LogP contribution in [0.3, 0.4) is 0 Å². The molecule has 0 aromatic heterocycles. The molecule has 0 aliphatic rings. The van der Waals surface area contributed by atoms with Gasteiger partial charge in [-0.3, -0.25) is 0 Å². The highest BCUT2D eigenvalue weighted by atomic mass is 19.2. The van der Waals surface area contributed by atoms with Crippen LogP contribution < -0.4 is 11.5 Å². The second kappa shape index (κ2) is 2.54. The summed E-state index contributed by atoms with van der Waals surface area (Å²) < 4.78 is 49.8. The van der Waals surface area contributed by atoms with E-state index < -0.39 is 34.6 Å². The van der Waals surface area contributed by atoms with Crippen LogP contribution >= 0.6 is 0 Å². The van der Waals surface area contributed by atoms with Gasteiger partial charge in [0.1, 0.15) is 11.4 Å². The Bertz CT molecular complexity index is 232. The van der Waals surface area contributed by atoms with Crippen LogP contribution in [0, 0.1) is 23.3 Å². The minimum Gasteiger partial charge on any atom is -0.394 e. The molecule has 2 nitrogen and oxygen atoms in total. The molecule has 1 aromatic rings. The molecule has 0 saturated heterocycles. The molecule has 6 heteroatoms. The normalized spacial score (nSPS) is 10.3. The molecule has 0 heterocycles. The first kappa shape index (κ1) is 8.63. The highest BCUT2D eigenvalue weighted by Gasteiger charge is 2.21. The third kappa shape index (κ3) is 0.956. The topological polar surface area (TPSA) is 52.0 Å².